The number of rotatable bonds is 3. The lowest BCUT2D eigenvalue weighted by Gasteiger charge is -2.08. The maximum absolute atomic E-state index is 4.41. The highest BCUT2D eigenvalue weighted by molar-refractivity contribution is 9.10. The molecule has 1 aromatic carbocycles. The standard InChI is InChI=1S/C15H15BrN2/c16-15-6-2-5-14(18-15)10-17-13-8-7-11-3-1-4-12(11)9-13/h2,5-9,17H,1,3-4,10H2. The smallest absolute Gasteiger partial charge is 0.106 e. The summed E-state index contributed by atoms with van der Waals surface area (Å²) in [5.41, 5.74) is 5.26. The van der Waals surface area contributed by atoms with Gasteiger partial charge in [0.15, 0.2) is 0 Å². The highest BCUT2D eigenvalue weighted by Gasteiger charge is 2.10. The van der Waals surface area contributed by atoms with E-state index < -0.39 is 0 Å². The molecule has 92 valence electrons. The first-order valence-electron chi connectivity index (χ1n) is 6.28. The van der Waals surface area contributed by atoms with E-state index in [1.165, 1.54) is 36.1 Å². The van der Waals surface area contributed by atoms with E-state index >= 15 is 0 Å². The summed E-state index contributed by atoms with van der Waals surface area (Å²) in [5, 5.41) is 3.43. The van der Waals surface area contributed by atoms with Crippen LogP contribution in [0.15, 0.2) is 41.0 Å². The summed E-state index contributed by atoms with van der Waals surface area (Å²) in [7, 11) is 0. The minimum absolute atomic E-state index is 0.762. The van der Waals surface area contributed by atoms with Crippen molar-refractivity contribution in [2.24, 2.45) is 0 Å². The Labute approximate surface area is 116 Å². The number of nitrogens with zero attached hydrogens (tertiary/aromatic N) is 1. The van der Waals surface area contributed by atoms with E-state index in [9.17, 15) is 0 Å². The zero-order valence-corrected chi connectivity index (χ0v) is 11.7. The van der Waals surface area contributed by atoms with Crippen LogP contribution in [0.4, 0.5) is 5.69 Å². The van der Waals surface area contributed by atoms with E-state index in [1.54, 1.807) is 0 Å². The van der Waals surface area contributed by atoms with Gasteiger partial charge in [0.25, 0.3) is 0 Å². The van der Waals surface area contributed by atoms with Gasteiger partial charge in [-0.05, 0) is 70.6 Å². The van der Waals surface area contributed by atoms with Gasteiger partial charge in [0.2, 0.25) is 0 Å². The average Bonchev–Trinajstić information content (AvgIpc) is 2.84. The van der Waals surface area contributed by atoms with Crippen molar-refractivity contribution >= 4 is 21.6 Å². The molecule has 0 saturated carbocycles. The van der Waals surface area contributed by atoms with Gasteiger partial charge in [-0.15, -0.1) is 0 Å². The van der Waals surface area contributed by atoms with Crippen LogP contribution in [0.1, 0.15) is 23.2 Å². The third-order valence-electron chi connectivity index (χ3n) is 3.34. The number of aryl methyl sites for hydroxylation is 2. The SMILES string of the molecule is Brc1cccc(CNc2ccc3c(c2)CCC3)n1. The van der Waals surface area contributed by atoms with Crippen molar-refractivity contribution in [1.29, 1.82) is 0 Å². The molecular formula is C15H15BrN2. The van der Waals surface area contributed by atoms with E-state index in [-0.39, 0.29) is 0 Å². The molecule has 18 heavy (non-hydrogen) atoms. The topological polar surface area (TPSA) is 24.9 Å². The maximum Gasteiger partial charge on any atom is 0.106 e. The van der Waals surface area contributed by atoms with E-state index in [0.717, 1.165) is 16.8 Å². The second-order valence-corrected chi connectivity index (χ2v) is 5.45. The van der Waals surface area contributed by atoms with E-state index in [1.807, 2.05) is 18.2 Å². The lowest BCUT2D eigenvalue weighted by molar-refractivity contribution is 0.911. The van der Waals surface area contributed by atoms with Gasteiger partial charge in [0.1, 0.15) is 4.60 Å². The fourth-order valence-electron chi connectivity index (χ4n) is 2.42. The normalized spacial score (nSPS) is 13.4. The second kappa shape index (κ2) is 5.11. The molecular weight excluding hydrogens is 288 g/mol. The Morgan fingerprint density at radius 2 is 2.00 bits per heavy atom. The van der Waals surface area contributed by atoms with Crippen LogP contribution in [0.5, 0.6) is 0 Å². The Bertz CT molecular complexity index is 566. The summed E-state index contributed by atoms with van der Waals surface area (Å²) in [6.07, 6.45) is 3.76. The van der Waals surface area contributed by atoms with Crippen LogP contribution in [0.3, 0.4) is 0 Å². The largest absolute Gasteiger partial charge is 0.379 e. The maximum atomic E-state index is 4.41. The molecule has 3 rings (SSSR count). The third kappa shape index (κ3) is 2.56. The number of benzene rings is 1. The van der Waals surface area contributed by atoms with Crippen LogP contribution in [-0.4, -0.2) is 4.98 Å². The lowest BCUT2D eigenvalue weighted by Crippen LogP contribution is -2.02. The second-order valence-electron chi connectivity index (χ2n) is 4.64. The predicted octanol–water partition coefficient (Wildman–Crippen LogP) is 3.94. The number of pyridine rings is 1. The molecule has 2 nitrogen and oxygen atoms in total. The van der Waals surface area contributed by atoms with Crippen LogP contribution >= 0.6 is 15.9 Å². The van der Waals surface area contributed by atoms with Gasteiger partial charge in [0.05, 0.1) is 12.2 Å². The van der Waals surface area contributed by atoms with Crippen molar-refractivity contribution in [2.45, 2.75) is 25.8 Å². The highest BCUT2D eigenvalue weighted by atomic mass is 79.9. The molecule has 0 aliphatic heterocycles. The summed E-state index contributed by atoms with van der Waals surface area (Å²) >= 11 is 3.39. The van der Waals surface area contributed by atoms with Crippen molar-refractivity contribution in [2.75, 3.05) is 5.32 Å². The van der Waals surface area contributed by atoms with Crippen molar-refractivity contribution in [3.8, 4) is 0 Å². The molecule has 2 aromatic rings. The van der Waals surface area contributed by atoms with Crippen LogP contribution in [-0.2, 0) is 19.4 Å². The van der Waals surface area contributed by atoms with Gasteiger partial charge in [-0.1, -0.05) is 12.1 Å². The molecule has 0 unspecified atom stereocenters. The van der Waals surface area contributed by atoms with Crippen LogP contribution in [0.25, 0.3) is 0 Å². The average molecular weight is 303 g/mol. The van der Waals surface area contributed by atoms with Gasteiger partial charge >= 0.3 is 0 Å². The van der Waals surface area contributed by atoms with Crippen LogP contribution in [0, 0.1) is 0 Å². The van der Waals surface area contributed by atoms with Gasteiger partial charge in [-0.3, -0.25) is 0 Å². The molecule has 1 heterocycles. The van der Waals surface area contributed by atoms with Gasteiger partial charge < -0.3 is 5.32 Å². The molecule has 0 spiro atoms. The number of aromatic nitrogens is 1. The summed E-state index contributed by atoms with van der Waals surface area (Å²) < 4.78 is 0.885. The molecule has 0 saturated heterocycles. The monoisotopic (exact) mass is 302 g/mol. The number of hydrogen-bond donors (Lipinski definition) is 1. The number of fused-ring (bicyclic) bond motifs is 1. The summed E-state index contributed by atoms with van der Waals surface area (Å²) in [4.78, 5) is 4.41. The molecule has 1 aromatic heterocycles. The molecule has 0 radical (unpaired) electrons. The molecule has 0 bridgehead atoms. The first kappa shape index (κ1) is 11.7. The third-order valence-corrected chi connectivity index (χ3v) is 3.79. The molecule has 0 amide bonds. The summed E-state index contributed by atoms with van der Waals surface area (Å²) in [5.74, 6) is 0. The van der Waals surface area contributed by atoms with Crippen LogP contribution < -0.4 is 5.32 Å². The fraction of sp³-hybridized carbons (Fsp3) is 0.267. The number of anilines is 1. The zero-order valence-electron chi connectivity index (χ0n) is 10.1. The molecule has 0 atom stereocenters. The molecule has 1 N–H and O–H groups in total. The Balaban J connectivity index is 1.70. The zero-order chi connectivity index (χ0) is 12.4. The Hall–Kier alpha value is -1.35. The quantitative estimate of drug-likeness (QED) is 0.869. The Kier molecular flexibility index (Phi) is 3.33. The lowest BCUT2D eigenvalue weighted by atomic mass is 10.1. The molecule has 1 aliphatic carbocycles. The minimum atomic E-state index is 0.762. The Morgan fingerprint density at radius 3 is 2.89 bits per heavy atom. The summed E-state index contributed by atoms with van der Waals surface area (Å²) in [6.45, 7) is 0.762. The van der Waals surface area contributed by atoms with E-state index in [0.29, 0.717) is 0 Å². The van der Waals surface area contributed by atoms with E-state index in [2.05, 4.69) is 44.4 Å². The van der Waals surface area contributed by atoms with E-state index in [4.69, 9.17) is 0 Å². The first-order chi connectivity index (χ1) is 8.81. The number of hydrogen-bond acceptors (Lipinski definition) is 2. The van der Waals surface area contributed by atoms with Crippen molar-refractivity contribution in [1.82, 2.24) is 4.98 Å². The van der Waals surface area contributed by atoms with Crippen molar-refractivity contribution < 1.29 is 0 Å². The number of nitrogens with one attached hydrogen (secondary N) is 1. The van der Waals surface area contributed by atoms with Gasteiger partial charge in [-0.25, -0.2) is 4.98 Å². The van der Waals surface area contributed by atoms with Crippen LogP contribution in [0.2, 0.25) is 0 Å². The molecule has 0 fully saturated rings. The Morgan fingerprint density at radius 1 is 1.11 bits per heavy atom. The number of halogens is 1. The molecule has 1 aliphatic rings. The van der Waals surface area contributed by atoms with Gasteiger partial charge in [0, 0.05) is 5.69 Å². The highest BCUT2D eigenvalue weighted by Crippen LogP contribution is 2.25. The summed E-state index contributed by atoms with van der Waals surface area (Å²) in [6, 6.07) is 12.7. The van der Waals surface area contributed by atoms with Gasteiger partial charge in [-0.2, -0.15) is 0 Å². The van der Waals surface area contributed by atoms with Crippen molar-refractivity contribution in [3.63, 3.8) is 0 Å². The first-order valence-corrected chi connectivity index (χ1v) is 7.08. The fourth-order valence-corrected chi connectivity index (χ4v) is 2.80. The molecule has 3 heteroatoms. The predicted molar refractivity (Wildman–Crippen MR) is 77.7 cm³/mol. The van der Waals surface area contributed by atoms with Crippen molar-refractivity contribution in [3.05, 3.63) is 57.8 Å². The minimum Gasteiger partial charge on any atom is -0.379 e.